The van der Waals surface area contributed by atoms with E-state index >= 15 is 0 Å². The molecule has 7 nitrogen and oxygen atoms in total. The Kier molecular flexibility index (Phi) is 7.60. The van der Waals surface area contributed by atoms with E-state index in [-0.39, 0.29) is 0 Å². The van der Waals surface area contributed by atoms with Crippen LogP contribution < -0.4 is 10.1 Å². The minimum atomic E-state index is 0.523. The van der Waals surface area contributed by atoms with Gasteiger partial charge in [-0.2, -0.15) is 11.8 Å². The fourth-order valence-electron chi connectivity index (χ4n) is 4.06. The molecule has 0 spiro atoms. The quantitative estimate of drug-likeness (QED) is 0.307. The molecule has 2 aromatic carbocycles. The molecule has 35 heavy (non-hydrogen) atoms. The van der Waals surface area contributed by atoms with E-state index in [1.54, 1.807) is 12.4 Å². The standard InChI is InChI=1S/C27H30N6OS/c1-20-5-2-6-21(17-20)26-29-19-25(31-26)24-9-10-28-27(32-24)30-22-7-3-8-23(18-22)34-14-4-11-33-12-15-35-16-13-33/h2-3,5-10,17-19H,4,11-16H2,1H3,(H,29,31)(H,28,30,32). The number of aromatic nitrogens is 4. The molecule has 180 valence electrons. The number of ether oxygens (including phenoxy) is 1. The molecule has 8 heteroatoms. The molecule has 1 saturated heterocycles. The predicted molar refractivity (Wildman–Crippen MR) is 143 cm³/mol. The second-order valence-electron chi connectivity index (χ2n) is 8.59. The Morgan fingerprint density at radius 3 is 2.83 bits per heavy atom. The highest BCUT2D eigenvalue weighted by molar-refractivity contribution is 7.99. The average Bonchev–Trinajstić information content (AvgIpc) is 3.38. The maximum absolute atomic E-state index is 6.00. The minimum absolute atomic E-state index is 0.523. The Balaban J connectivity index is 1.20. The summed E-state index contributed by atoms with van der Waals surface area (Å²) in [7, 11) is 0. The highest BCUT2D eigenvalue weighted by Crippen LogP contribution is 2.24. The molecule has 1 fully saturated rings. The van der Waals surface area contributed by atoms with Gasteiger partial charge < -0.3 is 19.9 Å². The summed E-state index contributed by atoms with van der Waals surface area (Å²) in [5.74, 6) is 4.67. The lowest BCUT2D eigenvalue weighted by atomic mass is 10.1. The number of thioether (sulfide) groups is 1. The van der Waals surface area contributed by atoms with E-state index < -0.39 is 0 Å². The molecule has 1 aliphatic rings. The lowest BCUT2D eigenvalue weighted by Crippen LogP contribution is -2.33. The molecule has 0 radical (unpaired) electrons. The first-order valence-electron chi connectivity index (χ1n) is 12.0. The molecular weight excluding hydrogens is 456 g/mol. The van der Waals surface area contributed by atoms with Gasteiger partial charge in [-0.3, -0.25) is 0 Å². The number of anilines is 2. The number of aryl methyl sites for hydroxylation is 1. The Morgan fingerprint density at radius 2 is 1.94 bits per heavy atom. The van der Waals surface area contributed by atoms with Gasteiger partial charge in [-0.25, -0.2) is 15.0 Å². The number of hydrogen-bond acceptors (Lipinski definition) is 7. The summed E-state index contributed by atoms with van der Waals surface area (Å²) in [6.07, 6.45) is 4.58. The summed E-state index contributed by atoms with van der Waals surface area (Å²) in [4.78, 5) is 19.5. The second-order valence-corrected chi connectivity index (χ2v) is 9.81. The van der Waals surface area contributed by atoms with Crippen LogP contribution in [0.1, 0.15) is 12.0 Å². The zero-order valence-electron chi connectivity index (χ0n) is 19.9. The van der Waals surface area contributed by atoms with Crippen molar-refractivity contribution in [1.29, 1.82) is 0 Å². The summed E-state index contributed by atoms with van der Waals surface area (Å²) >= 11 is 2.04. The minimum Gasteiger partial charge on any atom is -0.493 e. The number of rotatable bonds is 9. The van der Waals surface area contributed by atoms with Crippen LogP contribution in [-0.4, -0.2) is 62.6 Å². The Morgan fingerprint density at radius 1 is 1.06 bits per heavy atom. The van der Waals surface area contributed by atoms with E-state index in [2.05, 4.69) is 49.2 Å². The predicted octanol–water partition coefficient (Wildman–Crippen LogP) is 5.40. The van der Waals surface area contributed by atoms with Gasteiger partial charge in [0.1, 0.15) is 11.6 Å². The van der Waals surface area contributed by atoms with E-state index in [0.717, 1.165) is 47.2 Å². The van der Waals surface area contributed by atoms with Crippen LogP contribution in [0.5, 0.6) is 5.75 Å². The van der Waals surface area contributed by atoms with Crippen LogP contribution in [0.2, 0.25) is 0 Å². The van der Waals surface area contributed by atoms with Crippen molar-refractivity contribution in [3.63, 3.8) is 0 Å². The number of imidazole rings is 1. The fraction of sp³-hybridized carbons (Fsp3) is 0.296. The zero-order valence-corrected chi connectivity index (χ0v) is 20.7. The summed E-state index contributed by atoms with van der Waals surface area (Å²) in [6, 6.07) is 18.1. The number of aromatic amines is 1. The van der Waals surface area contributed by atoms with Crippen molar-refractivity contribution in [3.8, 4) is 28.5 Å². The number of nitrogens with zero attached hydrogens (tertiary/aromatic N) is 4. The van der Waals surface area contributed by atoms with Crippen LogP contribution in [0.25, 0.3) is 22.8 Å². The molecule has 0 saturated carbocycles. The van der Waals surface area contributed by atoms with E-state index in [4.69, 9.17) is 4.74 Å². The maximum Gasteiger partial charge on any atom is 0.227 e. The van der Waals surface area contributed by atoms with Gasteiger partial charge in [0.15, 0.2) is 0 Å². The topological polar surface area (TPSA) is 79.0 Å². The number of nitrogens with one attached hydrogen (secondary N) is 2. The van der Waals surface area contributed by atoms with Gasteiger partial charge in [0.2, 0.25) is 5.95 Å². The Labute approximate surface area is 210 Å². The number of H-pyrrole nitrogens is 1. The van der Waals surface area contributed by atoms with Crippen LogP contribution in [0.3, 0.4) is 0 Å². The van der Waals surface area contributed by atoms with Crippen molar-refractivity contribution in [3.05, 3.63) is 72.6 Å². The lowest BCUT2D eigenvalue weighted by molar-refractivity contribution is 0.248. The Hall–Kier alpha value is -3.36. The molecule has 3 heterocycles. The summed E-state index contributed by atoms with van der Waals surface area (Å²) in [5, 5.41) is 3.30. The summed E-state index contributed by atoms with van der Waals surface area (Å²) in [6.45, 7) is 6.26. The van der Waals surface area contributed by atoms with Gasteiger partial charge >= 0.3 is 0 Å². The third-order valence-corrected chi connectivity index (χ3v) is 6.82. The second kappa shape index (κ2) is 11.4. The molecule has 5 rings (SSSR count). The zero-order chi connectivity index (χ0) is 23.9. The Bertz CT molecular complexity index is 1250. The summed E-state index contributed by atoms with van der Waals surface area (Å²) in [5.41, 5.74) is 4.75. The third-order valence-electron chi connectivity index (χ3n) is 5.88. The molecule has 0 atom stereocenters. The maximum atomic E-state index is 6.00. The van der Waals surface area contributed by atoms with Crippen LogP contribution in [0.4, 0.5) is 11.6 Å². The largest absolute Gasteiger partial charge is 0.493 e. The summed E-state index contributed by atoms with van der Waals surface area (Å²) < 4.78 is 6.00. The van der Waals surface area contributed by atoms with Gasteiger partial charge in [0.25, 0.3) is 0 Å². The molecule has 0 bridgehead atoms. The molecule has 4 aromatic rings. The van der Waals surface area contributed by atoms with E-state index in [9.17, 15) is 0 Å². The van der Waals surface area contributed by atoms with Crippen LogP contribution >= 0.6 is 11.8 Å². The molecular formula is C27H30N6OS. The molecule has 2 N–H and O–H groups in total. The van der Waals surface area contributed by atoms with E-state index in [0.29, 0.717) is 12.6 Å². The molecule has 2 aromatic heterocycles. The van der Waals surface area contributed by atoms with Crippen LogP contribution in [0.15, 0.2) is 67.0 Å². The van der Waals surface area contributed by atoms with Crippen molar-refractivity contribution in [2.24, 2.45) is 0 Å². The molecule has 0 unspecified atom stereocenters. The van der Waals surface area contributed by atoms with Crippen molar-refractivity contribution >= 4 is 23.4 Å². The molecule has 0 amide bonds. The highest BCUT2D eigenvalue weighted by atomic mass is 32.2. The van der Waals surface area contributed by atoms with Crippen molar-refractivity contribution in [2.75, 3.05) is 43.1 Å². The first kappa shape index (κ1) is 23.4. The highest BCUT2D eigenvalue weighted by Gasteiger charge is 2.10. The van der Waals surface area contributed by atoms with Gasteiger partial charge in [-0.15, -0.1) is 0 Å². The first-order valence-corrected chi connectivity index (χ1v) is 13.1. The smallest absolute Gasteiger partial charge is 0.227 e. The molecule has 0 aliphatic carbocycles. The van der Waals surface area contributed by atoms with Crippen LogP contribution in [-0.2, 0) is 0 Å². The third kappa shape index (κ3) is 6.41. The average molecular weight is 487 g/mol. The molecule has 1 aliphatic heterocycles. The number of hydrogen-bond donors (Lipinski definition) is 2. The monoisotopic (exact) mass is 486 g/mol. The van der Waals surface area contributed by atoms with Crippen LogP contribution in [0, 0.1) is 6.92 Å². The fourth-order valence-corrected chi connectivity index (χ4v) is 5.03. The van der Waals surface area contributed by atoms with Gasteiger partial charge in [-0.1, -0.05) is 29.8 Å². The number of benzene rings is 2. The SMILES string of the molecule is Cc1cccc(-c2ncc(-c3ccnc(Nc4cccc(OCCCN5CCSCC5)c4)n3)[nH]2)c1. The lowest BCUT2D eigenvalue weighted by Gasteiger charge is -2.25. The first-order chi connectivity index (χ1) is 17.2. The van der Waals surface area contributed by atoms with Gasteiger partial charge in [0, 0.05) is 54.7 Å². The normalized spacial score (nSPS) is 14.1. The van der Waals surface area contributed by atoms with E-state index in [1.165, 1.54) is 30.2 Å². The van der Waals surface area contributed by atoms with Crippen molar-refractivity contribution < 1.29 is 4.74 Å². The van der Waals surface area contributed by atoms with E-state index in [1.807, 2.05) is 54.2 Å². The van der Waals surface area contributed by atoms with Gasteiger partial charge in [-0.05, 0) is 37.6 Å². The van der Waals surface area contributed by atoms with Crippen molar-refractivity contribution in [1.82, 2.24) is 24.8 Å². The van der Waals surface area contributed by atoms with Gasteiger partial charge in [0.05, 0.1) is 24.2 Å². The van der Waals surface area contributed by atoms with Crippen molar-refractivity contribution in [2.45, 2.75) is 13.3 Å².